The normalized spacial score (nSPS) is 21.3. The van der Waals surface area contributed by atoms with E-state index in [1.807, 2.05) is 20.8 Å². The van der Waals surface area contributed by atoms with Crippen molar-refractivity contribution < 1.29 is 29.0 Å². The van der Waals surface area contributed by atoms with E-state index < -0.39 is 29.1 Å². The van der Waals surface area contributed by atoms with Crippen LogP contribution in [0.3, 0.4) is 0 Å². The predicted molar refractivity (Wildman–Crippen MR) is 105 cm³/mol. The number of benzene rings is 1. The third-order valence-corrected chi connectivity index (χ3v) is 5.57. The van der Waals surface area contributed by atoms with Gasteiger partial charge in [-0.2, -0.15) is 0 Å². The maximum absolute atomic E-state index is 13.3. The standard InChI is InChI=1S/C21H28N2O6/c1-20(2,3)19(27)22-11-9-21(10-12-22)23(16(13-29-21)18(25)26)17(24)14-5-7-15(28-4)8-6-14/h5-8,16H,9-13H2,1-4H3,(H,25,26). The van der Waals surface area contributed by atoms with Crippen LogP contribution in [0.2, 0.25) is 0 Å². The minimum atomic E-state index is -1.10. The molecule has 29 heavy (non-hydrogen) atoms. The second-order valence-electron chi connectivity index (χ2n) is 8.56. The molecular weight excluding hydrogens is 376 g/mol. The van der Waals surface area contributed by atoms with Gasteiger partial charge in [-0.25, -0.2) is 4.79 Å². The van der Waals surface area contributed by atoms with Crippen molar-refractivity contribution in [2.24, 2.45) is 5.41 Å². The quantitative estimate of drug-likeness (QED) is 0.828. The fourth-order valence-electron chi connectivity index (χ4n) is 3.96. The summed E-state index contributed by atoms with van der Waals surface area (Å²) in [6.45, 7) is 6.36. The van der Waals surface area contributed by atoms with Crippen LogP contribution in [0, 0.1) is 5.41 Å². The van der Waals surface area contributed by atoms with Crippen molar-refractivity contribution in [1.29, 1.82) is 0 Å². The van der Waals surface area contributed by atoms with E-state index in [1.165, 1.54) is 12.0 Å². The smallest absolute Gasteiger partial charge is 0.328 e. The van der Waals surface area contributed by atoms with Gasteiger partial charge in [-0.05, 0) is 24.3 Å². The lowest BCUT2D eigenvalue weighted by Crippen LogP contribution is -2.59. The first-order chi connectivity index (χ1) is 13.6. The largest absolute Gasteiger partial charge is 0.497 e. The molecule has 1 unspecified atom stereocenters. The first-order valence-electron chi connectivity index (χ1n) is 9.73. The lowest BCUT2D eigenvalue weighted by molar-refractivity contribution is -0.152. The molecule has 1 N–H and O–H groups in total. The third kappa shape index (κ3) is 3.94. The van der Waals surface area contributed by atoms with Crippen LogP contribution in [-0.2, 0) is 14.3 Å². The SMILES string of the molecule is COc1ccc(C(=O)N2C(C(=O)O)COC23CCN(C(=O)C(C)(C)C)CC3)cc1. The second kappa shape index (κ2) is 7.67. The lowest BCUT2D eigenvalue weighted by atomic mass is 9.91. The molecule has 0 saturated carbocycles. The number of carbonyl (C=O) groups excluding carboxylic acids is 2. The Balaban J connectivity index is 1.85. The van der Waals surface area contributed by atoms with E-state index in [9.17, 15) is 19.5 Å². The Labute approximate surface area is 170 Å². The number of rotatable bonds is 3. The van der Waals surface area contributed by atoms with Crippen molar-refractivity contribution in [3.8, 4) is 5.75 Å². The van der Waals surface area contributed by atoms with E-state index >= 15 is 0 Å². The number of carboxylic acid groups (broad SMARTS) is 1. The highest BCUT2D eigenvalue weighted by atomic mass is 16.5. The van der Waals surface area contributed by atoms with Crippen LogP contribution in [0.5, 0.6) is 5.75 Å². The molecule has 2 aliphatic heterocycles. The number of carbonyl (C=O) groups is 3. The van der Waals surface area contributed by atoms with Crippen LogP contribution in [0.15, 0.2) is 24.3 Å². The molecule has 1 aromatic rings. The van der Waals surface area contributed by atoms with Crippen molar-refractivity contribution >= 4 is 17.8 Å². The molecule has 1 spiro atoms. The summed E-state index contributed by atoms with van der Waals surface area (Å²) in [5.41, 5.74) is -1.15. The molecule has 3 rings (SSSR count). The molecule has 8 nitrogen and oxygen atoms in total. The number of aliphatic carboxylic acids is 1. The average Bonchev–Trinajstić information content (AvgIpc) is 3.06. The summed E-state index contributed by atoms with van der Waals surface area (Å²) < 4.78 is 11.1. The number of likely N-dealkylation sites (tertiary alicyclic amines) is 1. The molecule has 0 bridgehead atoms. The van der Waals surface area contributed by atoms with Gasteiger partial charge in [-0.1, -0.05) is 20.8 Å². The topological polar surface area (TPSA) is 96.4 Å². The van der Waals surface area contributed by atoms with Gasteiger partial charge in [0.15, 0.2) is 6.04 Å². The predicted octanol–water partition coefficient (Wildman–Crippen LogP) is 1.99. The molecule has 158 valence electrons. The summed E-state index contributed by atoms with van der Waals surface area (Å²) in [5.74, 6) is -0.851. The van der Waals surface area contributed by atoms with Crippen molar-refractivity contribution in [3.63, 3.8) is 0 Å². The highest BCUT2D eigenvalue weighted by molar-refractivity contribution is 5.97. The maximum atomic E-state index is 13.3. The minimum Gasteiger partial charge on any atom is -0.497 e. The average molecular weight is 404 g/mol. The Hall–Kier alpha value is -2.61. The number of ether oxygens (including phenoxy) is 2. The highest BCUT2D eigenvalue weighted by Gasteiger charge is 2.54. The van der Waals surface area contributed by atoms with E-state index in [4.69, 9.17) is 9.47 Å². The van der Waals surface area contributed by atoms with Gasteiger partial charge in [0.05, 0.1) is 13.7 Å². The molecule has 0 aromatic heterocycles. The molecule has 2 saturated heterocycles. The van der Waals surface area contributed by atoms with Crippen LogP contribution in [-0.4, -0.2) is 71.3 Å². The molecule has 1 aromatic carbocycles. The Bertz CT molecular complexity index is 790. The van der Waals surface area contributed by atoms with Gasteiger partial charge >= 0.3 is 5.97 Å². The molecule has 2 amide bonds. The Kier molecular flexibility index (Phi) is 5.58. The lowest BCUT2D eigenvalue weighted by Gasteiger charge is -2.45. The van der Waals surface area contributed by atoms with Crippen LogP contribution in [0.1, 0.15) is 44.0 Å². The van der Waals surface area contributed by atoms with Gasteiger partial charge in [0.2, 0.25) is 5.91 Å². The van der Waals surface area contributed by atoms with E-state index in [1.54, 1.807) is 29.2 Å². The fourth-order valence-corrected chi connectivity index (χ4v) is 3.96. The molecule has 2 fully saturated rings. The maximum Gasteiger partial charge on any atom is 0.328 e. The number of methoxy groups -OCH3 is 1. The number of carboxylic acids is 1. The zero-order valence-electron chi connectivity index (χ0n) is 17.3. The van der Waals surface area contributed by atoms with Crippen LogP contribution < -0.4 is 4.74 Å². The number of piperidine rings is 1. The van der Waals surface area contributed by atoms with Gasteiger partial charge < -0.3 is 19.5 Å². The van der Waals surface area contributed by atoms with Gasteiger partial charge in [0.1, 0.15) is 11.5 Å². The summed E-state index contributed by atoms with van der Waals surface area (Å²) in [7, 11) is 1.53. The Morgan fingerprint density at radius 3 is 2.21 bits per heavy atom. The summed E-state index contributed by atoms with van der Waals surface area (Å²) in [6, 6.07) is 5.50. The Morgan fingerprint density at radius 1 is 1.14 bits per heavy atom. The molecule has 2 aliphatic rings. The van der Waals surface area contributed by atoms with E-state index in [0.717, 1.165) is 0 Å². The van der Waals surface area contributed by atoms with Gasteiger partial charge in [-0.15, -0.1) is 0 Å². The number of amides is 2. The van der Waals surface area contributed by atoms with Gasteiger partial charge in [0.25, 0.3) is 5.91 Å². The molecule has 0 radical (unpaired) electrons. The minimum absolute atomic E-state index is 0.0353. The number of hydrogen-bond donors (Lipinski definition) is 1. The van der Waals surface area contributed by atoms with Crippen LogP contribution >= 0.6 is 0 Å². The van der Waals surface area contributed by atoms with Crippen LogP contribution in [0.4, 0.5) is 0 Å². The molecule has 0 aliphatic carbocycles. The zero-order chi connectivity index (χ0) is 21.4. The van der Waals surface area contributed by atoms with Crippen LogP contribution in [0.25, 0.3) is 0 Å². The monoisotopic (exact) mass is 404 g/mol. The van der Waals surface area contributed by atoms with Crippen molar-refractivity contribution in [2.75, 3.05) is 26.8 Å². The molecular formula is C21H28N2O6. The highest BCUT2D eigenvalue weighted by Crippen LogP contribution is 2.39. The fraction of sp³-hybridized carbons (Fsp3) is 0.571. The summed E-state index contributed by atoms with van der Waals surface area (Å²) in [4.78, 5) is 40.8. The van der Waals surface area contributed by atoms with Gasteiger partial charge in [0, 0.05) is 36.9 Å². The van der Waals surface area contributed by atoms with E-state index in [2.05, 4.69) is 0 Å². The summed E-state index contributed by atoms with van der Waals surface area (Å²) in [6.07, 6.45) is 0.751. The first-order valence-corrected chi connectivity index (χ1v) is 9.73. The third-order valence-electron chi connectivity index (χ3n) is 5.57. The molecule has 2 heterocycles. The molecule has 1 atom stereocenters. The number of nitrogens with zero attached hydrogens (tertiary/aromatic N) is 2. The molecule has 8 heteroatoms. The second-order valence-corrected chi connectivity index (χ2v) is 8.56. The first kappa shape index (κ1) is 21.1. The van der Waals surface area contributed by atoms with Gasteiger partial charge in [-0.3, -0.25) is 14.5 Å². The zero-order valence-corrected chi connectivity index (χ0v) is 17.3. The van der Waals surface area contributed by atoms with Crippen molar-refractivity contribution in [2.45, 2.75) is 45.4 Å². The van der Waals surface area contributed by atoms with E-state index in [0.29, 0.717) is 37.2 Å². The number of hydrogen-bond acceptors (Lipinski definition) is 5. The summed E-state index contributed by atoms with van der Waals surface area (Å²) in [5, 5.41) is 9.66. The van der Waals surface area contributed by atoms with Crippen molar-refractivity contribution in [1.82, 2.24) is 9.80 Å². The van der Waals surface area contributed by atoms with Crippen molar-refractivity contribution in [3.05, 3.63) is 29.8 Å². The van der Waals surface area contributed by atoms with E-state index in [-0.39, 0.29) is 12.5 Å². The Morgan fingerprint density at radius 2 is 1.72 bits per heavy atom. The summed E-state index contributed by atoms with van der Waals surface area (Å²) >= 11 is 0.